The van der Waals surface area contributed by atoms with E-state index in [0.717, 1.165) is 5.56 Å². The van der Waals surface area contributed by atoms with Gasteiger partial charge in [-0.05, 0) is 37.3 Å². The van der Waals surface area contributed by atoms with E-state index in [0.29, 0.717) is 23.9 Å². The Morgan fingerprint density at radius 3 is 2.44 bits per heavy atom. The number of anilines is 1. The normalized spacial score (nSPS) is 11.1. The first-order valence-corrected chi connectivity index (χ1v) is 9.06. The molecule has 0 unspecified atom stereocenters. The molecule has 0 aliphatic carbocycles. The lowest BCUT2D eigenvalue weighted by molar-refractivity contribution is 0.323. The molecule has 7 nitrogen and oxygen atoms in total. The summed E-state index contributed by atoms with van der Waals surface area (Å²) in [7, 11) is -3.66. The third-order valence-corrected chi connectivity index (χ3v) is 4.68. The highest BCUT2D eigenvalue weighted by atomic mass is 32.2. The molecule has 0 aliphatic heterocycles. The molecule has 3 aromatic rings. The number of benzene rings is 1. The van der Waals surface area contributed by atoms with Gasteiger partial charge in [-0.15, -0.1) is 10.2 Å². The van der Waals surface area contributed by atoms with Crippen molar-refractivity contribution < 1.29 is 13.2 Å². The molecule has 0 spiro atoms. The average molecular weight is 356 g/mol. The van der Waals surface area contributed by atoms with Gasteiger partial charge in [0, 0.05) is 29.7 Å². The predicted molar refractivity (Wildman–Crippen MR) is 93.7 cm³/mol. The molecule has 2 heterocycles. The SMILES string of the molecule is CCOc1ccc(-c2ccc(NS(=O)(=O)c3cccnc3)cc2)nn1. The van der Waals surface area contributed by atoms with E-state index in [9.17, 15) is 8.42 Å². The number of rotatable bonds is 6. The maximum absolute atomic E-state index is 12.3. The summed E-state index contributed by atoms with van der Waals surface area (Å²) in [5.74, 6) is 0.465. The van der Waals surface area contributed by atoms with Crippen LogP contribution in [0.2, 0.25) is 0 Å². The van der Waals surface area contributed by atoms with E-state index in [2.05, 4.69) is 19.9 Å². The van der Waals surface area contributed by atoms with Crippen molar-refractivity contribution in [1.29, 1.82) is 0 Å². The lowest BCUT2D eigenvalue weighted by Crippen LogP contribution is -2.12. The molecule has 8 heteroatoms. The zero-order valence-corrected chi connectivity index (χ0v) is 14.3. The number of pyridine rings is 1. The van der Waals surface area contributed by atoms with Gasteiger partial charge in [-0.1, -0.05) is 12.1 Å². The monoisotopic (exact) mass is 356 g/mol. The number of sulfonamides is 1. The number of hydrogen-bond acceptors (Lipinski definition) is 6. The Hall–Kier alpha value is -3.00. The minimum atomic E-state index is -3.66. The molecule has 0 aliphatic rings. The Morgan fingerprint density at radius 1 is 1.04 bits per heavy atom. The van der Waals surface area contributed by atoms with Gasteiger partial charge in [0.2, 0.25) is 5.88 Å². The van der Waals surface area contributed by atoms with E-state index in [-0.39, 0.29) is 4.90 Å². The van der Waals surface area contributed by atoms with Crippen molar-refractivity contribution >= 4 is 15.7 Å². The molecule has 128 valence electrons. The Kier molecular flexibility index (Phi) is 4.90. The van der Waals surface area contributed by atoms with Crippen LogP contribution in [0.3, 0.4) is 0 Å². The molecule has 0 radical (unpaired) electrons. The fraction of sp³-hybridized carbons (Fsp3) is 0.118. The zero-order chi connectivity index (χ0) is 17.7. The predicted octanol–water partition coefficient (Wildman–Crippen LogP) is 2.74. The van der Waals surface area contributed by atoms with Crippen LogP contribution in [-0.2, 0) is 10.0 Å². The largest absolute Gasteiger partial charge is 0.477 e. The molecule has 0 saturated heterocycles. The summed E-state index contributed by atoms with van der Waals surface area (Å²) >= 11 is 0. The van der Waals surface area contributed by atoms with E-state index in [4.69, 9.17) is 4.74 Å². The summed E-state index contributed by atoms with van der Waals surface area (Å²) in [5, 5.41) is 8.07. The van der Waals surface area contributed by atoms with Gasteiger partial charge in [-0.25, -0.2) is 8.42 Å². The third kappa shape index (κ3) is 4.10. The highest BCUT2D eigenvalue weighted by Crippen LogP contribution is 2.22. The van der Waals surface area contributed by atoms with Gasteiger partial charge in [-0.2, -0.15) is 0 Å². The van der Waals surface area contributed by atoms with Crippen LogP contribution in [0.5, 0.6) is 5.88 Å². The highest BCUT2D eigenvalue weighted by molar-refractivity contribution is 7.92. The van der Waals surface area contributed by atoms with E-state index >= 15 is 0 Å². The average Bonchev–Trinajstić information content (AvgIpc) is 2.64. The topological polar surface area (TPSA) is 94.1 Å². The van der Waals surface area contributed by atoms with Crippen molar-refractivity contribution in [3.8, 4) is 17.1 Å². The fourth-order valence-electron chi connectivity index (χ4n) is 2.13. The zero-order valence-electron chi connectivity index (χ0n) is 13.5. The molecule has 0 saturated carbocycles. The van der Waals surface area contributed by atoms with E-state index in [1.807, 2.05) is 6.92 Å². The van der Waals surface area contributed by atoms with Gasteiger partial charge in [-0.3, -0.25) is 9.71 Å². The van der Waals surface area contributed by atoms with Gasteiger partial charge in [0.05, 0.1) is 12.3 Å². The fourth-order valence-corrected chi connectivity index (χ4v) is 3.15. The standard InChI is InChI=1S/C17H16N4O3S/c1-2-24-17-10-9-16(19-20-17)13-5-7-14(8-6-13)21-25(22,23)15-4-3-11-18-12-15/h3-12,21H,2H2,1H3. The number of nitrogens with one attached hydrogen (secondary N) is 1. The van der Waals surface area contributed by atoms with Crippen LogP contribution in [0.25, 0.3) is 11.3 Å². The van der Waals surface area contributed by atoms with Crippen LogP contribution in [0.4, 0.5) is 5.69 Å². The van der Waals surface area contributed by atoms with E-state index < -0.39 is 10.0 Å². The summed E-state index contributed by atoms with van der Waals surface area (Å²) in [5.41, 5.74) is 1.94. The maximum atomic E-state index is 12.3. The van der Waals surface area contributed by atoms with Crippen molar-refractivity contribution in [1.82, 2.24) is 15.2 Å². The molecule has 1 aromatic carbocycles. The molecule has 0 atom stereocenters. The van der Waals surface area contributed by atoms with Crippen molar-refractivity contribution in [3.05, 3.63) is 60.9 Å². The van der Waals surface area contributed by atoms with Crippen molar-refractivity contribution in [2.24, 2.45) is 0 Å². The minimum Gasteiger partial charge on any atom is -0.477 e. The minimum absolute atomic E-state index is 0.108. The third-order valence-electron chi connectivity index (χ3n) is 3.31. The molecule has 25 heavy (non-hydrogen) atoms. The van der Waals surface area contributed by atoms with Gasteiger partial charge in [0.1, 0.15) is 4.90 Å². The van der Waals surface area contributed by atoms with Crippen LogP contribution in [0.15, 0.2) is 65.8 Å². The van der Waals surface area contributed by atoms with E-state index in [1.165, 1.54) is 18.5 Å². The van der Waals surface area contributed by atoms with Crippen LogP contribution in [0.1, 0.15) is 6.92 Å². The molecule has 0 fully saturated rings. The maximum Gasteiger partial charge on any atom is 0.263 e. The Labute approximate surface area is 145 Å². The second-order valence-corrected chi connectivity index (χ2v) is 6.74. The Balaban J connectivity index is 1.76. The van der Waals surface area contributed by atoms with Crippen LogP contribution in [-0.4, -0.2) is 30.2 Å². The second kappa shape index (κ2) is 7.27. The lowest BCUT2D eigenvalue weighted by Gasteiger charge is -2.08. The first-order chi connectivity index (χ1) is 12.1. The van der Waals surface area contributed by atoms with Gasteiger partial charge < -0.3 is 4.74 Å². The van der Waals surface area contributed by atoms with Crippen molar-refractivity contribution in [3.63, 3.8) is 0 Å². The van der Waals surface area contributed by atoms with Gasteiger partial charge >= 0.3 is 0 Å². The van der Waals surface area contributed by atoms with Gasteiger partial charge in [0.15, 0.2) is 0 Å². The number of nitrogens with zero attached hydrogens (tertiary/aromatic N) is 3. The second-order valence-electron chi connectivity index (χ2n) is 5.06. The molecule has 0 bridgehead atoms. The van der Waals surface area contributed by atoms with Crippen molar-refractivity contribution in [2.45, 2.75) is 11.8 Å². The van der Waals surface area contributed by atoms with Crippen molar-refractivity contribution in [2.75, 3.05) is 11.3 Å². The first-order valence-electron chi connectivity index (χ1n) is 7.58. The van der Waals surface area contributed by atoms with Crippen LogP contribution < -0.4 is 9.46 Å². The number of hydrogen-bond donors (Lipinski definition) is 1. The quantitative estimate of drug-likeness (QED) is 0.730. The molecule has 1 N–H and O–H groups in total. The summed E-state index contributed by atoms with van der Waals surface area (Å²) < 4.78 is 32.3. The Morgan fingerprint density at radius 2 is 1.84 bits per heavy atom. The smallest absolute Gasteiger partial charge is 0.263 e. The van der Waals surface area contributed by atoms with Crippen LogP contribution >= 0.6 is 0 Å². The Bertz CT molecular complexity index is 928. The summed E-state index contributed by atoms with van der Waals surface area (Å²) in [6, 6.07) is 13.5. The summed E-state index contributed by atoms with van der Waals surface area (Å²) in [4.78, 5) is 3.93. The molecular formula is C17H16N4O3S. The van der Waals surface area contributed by atoms with Gasteiger partial charge in [0.25, 0.3) is 10.0 Å². The summed E-state index contributed by atoms with van der Waals surface area (Å²) in [6.07, 6.45) is 2.82. The van der Waals surface area contributed by atoms with Crippen LogP contribution in [0, 0.1) is 0 Å². The number of ether oxygens (including phenoxy) is 1. The molecule has 0 amide bonds. The molecule has 2 aromatic heterocycles. The first kappa shape index (κ1) is 16.8. The highest BCUT2D eigenvalue weighted by Gasteiger charge is 2.14. The van der Waals surface area contributed by atoms with E-state index in [1.54, 1.807) is 42.5 Å². The number of aromatic nitrogens is 3. The molecule has 3 rings (SSSR count). The summed E-state index contributed by atoms with van der Waals surface area (Å²) in [6.45, 7) is 2.40. The molecular weight excluding hydrogens is 340 g/mol. The lowest BCUT2D eigenvalue weighted by atomic mass is 10.1.